The Kier molecular flexibility index (Phi) is 7.78. The van der Waals surface area contributed by atoms with Crippen molar-refractivity contribution < 1.29 is 38.1 Å². The second-order valence-electron chi connectivity index (χ2n) is 11.4. The molecule has 0 heterocycles. The summed E-state index contributed by atoms with van der Waals surface area (Å²) in [6.07, 6.45) is -0.234. The van der Waals surface area contributed by atoms with Crippen molar-refractivity contribution >= 4 is 23.9 Å². The molecule has 36 heavy (non-hydrogen) atoms. The van der Waals surface area contributed by atoms with Crippen LogP contribution in [0.4, 0.5) is 0 Å². The van der Waals surface area contributed by atoms with Crippen LogP contribution in [-0.2, 0) is 38.1 Å². The van der Waals surface area contributed by atoms with Gasteiger partial charge in [-0.3, -0.25) is 19.2 Å². The van der Waals surface area contributed by atoms with E-state index in [2.05, 4.69) is 20.4 Å². The third kappa shape index (κ3) is 5.09. The molecule has 0 aliphatic heterocycles. The number of hydrogen-bond acceptors (Lipinski definition) is 8. The molecule has 0 amide bonds. The number of rotatable bonds is 4. The zero-order chi connectivity index (χ0) is 27.2. The fraction of sp³-hybridized carbons (Fsp3) is 0.714. The molecule has 0 saturated heterocycles. The summed E-state index contributed by atoms with van der Waals surface area (Å²) in [5.74, 6) is -1.90. The van der Waals surface area contributed by atoms with Crippen molar-refractivity contribution in [3.05, 3.63) is 23.3 Å². The first-order valence-electron chi connectivity index (χ1n) is 12.7. The molecule has 0 unspecified atom stereocenters. The van der Waals surface area contributed by atoms with Crippen molar-refractivity contribution in [1.82, 2.24) is 0 Å². The van der Waals surface area contributed by atoms with Crippen LogP contribution in [0.3, 0.4) is 0 Å². The lowest BCUT2D eigenvalue weighted by atomic mass is 9.50. The van der Waals surface area contributed by atoms with Crippen LogP contribution in [-0.4, -0.2) is 48.3 Å². The second kappa shape index (κ2) is 10.0. The smallest absolute Gasteiger partial charge is 0.303 e. The van der Waals surface area contributed by atoms with Crippen molar-refractivity contribution in [2.45, 2.75) is 105 Å². The van der Waals surface area contributed by atoms with E-state index in [-0.39, 0.29) is 17.8 Å². The Morgan fingerprint density at radius 2 is 1.33 bits per heavy atom. The Balaban J connectivity index is 2.27. The summed E-state index contributed by atoms with van der Waals surface area (Å²) >= 11 is 0. The Labute approximate surface area is 213 Å². The lowest BCUT2D eigenvalue weighted by Gasteiger charge is -2.58. The molecular formula is C28H40O8. The quantitative estimate of drug-likeness (QED) is 0.314. The molecule has 3 aliphatic rings. The van der Waals surface area contributed by atoms with Crippen LogP contribution in [0.2, 0.25) is 0 Å². The van der Waals surface area contributed by atoms with Gasteiger partial charge in [-0.25, -0.2) is 0 Å². The first kappa shape index (κ1) is 27.9. The van der Waals surface area contributed by atoms with Gasteiger partial charge >= 0.3 is 23.9 Å². The summed E-state index contributed by atoms with van der Waals surface area (Å²) in [6.45, 7) is 17.9. The number of carbonyl (C=O) groups excluding carboxylic acids is 4. The predicted molar refractivity (Wildman–Crippen MR) is 131 cm³/mol. The van der Waals surface area contributed by atoms with E-state index in [0.29, 0.717) is 25.7 Å². The highest BCUT2D eigenvalue weighted by Gasteiger charge is 2.60. The molecule has 0 aromatic carbocycles. The van der Waals surface area contributed by atoms with Crippen LogP contribution in [0.25, 0.3) is 0 Å². The molecule has 7 atom stereocenters. The second-order valence-corrected chi connectivity index (χ2v) is 11.4. The monoisotopic (exact) mass is 504 g/mol. The molecule has 8 heteroatoms. The van der Waals surface area contributed by atoms with Gasteiger partial charge < -0.3 is 18.9 Å². The van der Waals surface area contributed by atoms with Crippen LogP contribution >= 0.6 is 0 Å². The highest BCUT2D eigenvalue weighted by Crippen LogP contribution is 2.60. The third-order valence-electron chi connectivity index (χ3n) is 8.66. The summed E-state index contributed by atoms with van der Waals surface area (Å²) in [4.78, 5) is 48.7. The van der Waals surface area contributed by atoms with E-state index >= 15 is 0 Å². The topological polar surface area (TPSA) is 105 Å². The van der Waals surface area contributed by atoms with Crippen molar-refractivity contribution in [2.75, 3.05) is 0 Å². The molecule has 0 aromatic rings. The predicted octanol–water partition coefficient (Wildman–Crippen LogP) is 4.45. The molecule has 0 radical (unpaired) electrons. The summed E-state index contributed by atoms with van der Waals surface area (Å²) in [6, 6.07) is 0. The number of carbonyl (C=O) groups is 4. The minimum Gasteiger partial charge on any atom is -0.458 e. The van der Waals surface area contributed by atoms with Gasteiger partial charge in [0.05, 0.1) is 0 Å². The Hall–Kier alpha value is -2.64. The van der Waals surface area contributed by atoms with E-state index in [1.807, 2.05) is 13.8 Å². The number of esters is 4. The Morgan fingerprint density at radius 1 is 0.806 bits per heavy atom. The summed E-state index contributed by atoms with van der Waals surface area (Å²) < 4.78 is 23.4. The molecule has 0 aromatic heterocycles. The molecule has 2 bridgehead atoms. The van der Waals surface area contributed by atoms with Crippen molar-refractivity contribution in [1.29, 1.82) is 0 Å². The van der Waals surface area contributed by atoms with Gasteiger partial charge in [0, 0.05) is 33.1 Å². The van der Waals surface area contributed by atoms with Gasteiger partial charge in [0.1, 0.15) is 18.3 Å². The fourth-order valence-electron chi connectivity index (χ4n) is 6.95. The summed E-state index contributed by atoms with van der Waals surface area (Å²) in [7, 11) is 0. The standard InChI is InChI=1S/C28H40O8/c1-14-21-12-20-13-23(34-17(4)30)15(2)24(27(20,7)8)25(35-18(5)31)26(36-19(6)32)28(21,9)11-10-22(14)33-16(3)29/h20-23,25-26H,1,10-13H2,2-9H3/t20-,21+,22+,23+,25-,26-,28-/m1/s1. The maximum absolute atomic E-state index is 12.4. The van der Waals surface area contributed by atoms with Gasteiger partial charge in [-0.1, -0.05) is 27.4 Å². The van der Waals surface area contributed by atoms with E-state index in [9.17, 15) is 19.2 Å². The van der Waals surface area contributed by atoms with Crippen LogP contribution in [0.15, 0.2) is 23.3 Å². The van der Waals surface area contributed by atoms with Crippen molar-refractivity contribution in [3.63, 3.8) is 0 Å². The lowest BCUT2D eigenvalue weighted by molar-refractivity contribution is -0.187. The van der Waals surface area contributed by atoms with Gasteiger partial charge in [-0.05, 0) is 66.6 Å². The normalized spacial score (nSPS) is 35.5. The number of fused-ring (bicyclic) bond motifs is 3. The number of hydrogen-bond donors (Lipinski definition) is 0. The number of ether oxygens (including phenoxy) is 4. The average Bonchev–Trinajstić information content (AvgIpc) is 2.72. The lowest BCUT2D eigenvalue weighted by Crippen LogP contribution is -2.59. The molecule has 3 rings (SSSR count). The highest BCUT2D eigenvalue weighted by molar-refractivity contribution is 5.69. The molecule has 3 aliphatic carbocycles. The zero-order valence-corrected chi connectivity index (χ0v) is 22.8. The molecular weight excluding hydrogens is 464 g/mol. The van der Waals surface area contributed by atoms with E-state index in [1.165, 1.54) is 27.7 Å². The van der Waals surface area contributed by atoms with E-state index in [1.54, 1.807) is 0 Å². The van der Waals surface area contributed by atoms with Crippen LogP contribution < -0.4 is 0 Å². The molecule has 0 N–H and O–H groups in total. The van der Waals surface area contributed by atoms with Crippen LogP contribution in [0.1, 0.15) is 81.1 Å². The van der Waals surface area contributed by atoms with E-state index in [0.717, 1.165) is 16.7 Å². The van der Waals surface area contributed by atoms with Crippen molar-refractivity contribution in [2.24, 2.45) is 22.7 Å². The summed E-state index contributed by atoms with van der Waals surface area (Å²) in [5.41, 5.74) is 1.33. The minimum atomic E-state index is -0.867. The SMILES string of the molecule is C=C1[C@@H](OC(C)=O)CC[C@@]2(C)[C@H](OC(C)=O)[C@H](OC(C)=O)C3=C(C)[C@@H](OC(C)=O)C[C@@H](C[C@@H]12)C3(C)C. The molecule has 200 valence electrons. The average molecular weight is 505 g/mol. The third-order valence-corrected chi connectivity index (χ3v) is 8.66. The molecule has 2 fully saturated rings. The maximum atomic E-state index is 12.4. The fourth-order valence-corrected chi connectivity index (χ4v) is 6.95. The largest absolute Gasteiger partial charge is 0.458 e. The first-order chi connectivity index (χ1) is 16.6. The first-order valence-corrected chi connectivity index (χ1v) is 12.7. The minimum absolute atomic E-state index is 0.0361. The van der Waals surface area contributed by atoms with Gasteiger partial charge in [-0.2, -0.15) is 0 Å². The van der Waals surface area contributed by atoms with Crippen LogP contribution in [0, 0.1) is 22.7 Å². The molecule has 0 spiro atoms. The van der Waals surface area contributed by atoms with Gasteiger partial charge in [0.25, 0.3) is 0 Å². The van der Waals surface area contributed by atoms with Crippen molar-refractivity contribution in [3.8, 4) is 0 Å². The van der Waals surface area contributed by atoms with E-state index < -0.39 is 53.2 Å². The van der Waals surface area contributed by atoms with Gasteiger partial charge in [-0.15, -0.1) is 0 Å². The summed E-state index contributed by atoms with van der Waals surface area (Å²) in [5, 5.41) is 0. The van der Waals surface area contributed by atoms with Crippen LogP contribution in [0.5, 0.6) is 0 Å². The Morgan fingerprint density at radius 3 is 1.86 bits per heavy atom. The highest BCUT2D eigenvalue weighted by atomic mass is 16.6. The molecule has 2 saturated carbocycles. The Bertz CT molecular complexity index is 992. The van der Waals surface area contributed by atoms with Gasteiger partial charge in [0.2, 0.25) is 0 Å². The zero-order valence-electron chi connectivity index (χ0n) is 22.8. The van der Waals surface area contributed by atoms with E-state index in [4.69, 9.17) is 18.9 Å². The molecule has 8 nitrogen and oxygen atoms in total. The maximum Gasteiger partial charge on any atom is 0.303 e. The van der Waals surface area contributed by atoms with Gasteiger partial charge in [0.15, 0.2) is 6.10 Å².